The highest BCUT2D eigenvalue weighted by Crippen LogP contribution is 2.16. The lowest BCUT2D eigenvalue weighted by Gasteiger charge is -2.10. The Morgan fingerprint density at radius 1 is 1.05 bits per heavy atom. The summed E-state index contributed by atoms with van der Waals surface area (Å²) in [5, 5.41) is 0. The van der Waals surface area contributed by atoms with Gasteiger partial charge in [-0.3, -0.25) is 0 Å². The third kappa shape index (κ3) is 4.12. The van der Waals surface area contributed by atoms with E-state index in [4.69, 9.17) is 15.2 Å². The lowest BCUT2D eigenvalue weighted by Crippen LogP contribution is -2.11. The molecule has 20 heavy (non-hydrogen) atoms. The molecule has 0 bridgehead atoms. The molecule has 0 unspecified atom stereocenters. The lowest BCUT2D eigenvalue weighted by molar-refractivity contribution is 0.211. The maximum absolute atomic E-state index is 5.73. The van der Waals surface area contributed by atoms with E-state index in [9.17, 15) is 0 Å². The number of ether oxygens (including phenoxy) is 2. The molecule has 1 aromatic heterocycles. The van der Waals surface area contributed by atoms with Gasteiger partial charge in [0.05, 0.1) is 0 Å². The van der Waals surface area contributed by atoms with Crippen LogP contribution in [0.5, 0.6) is 11.6 Å². The van der Waals surface area contributed by atoms with E-state index < -0.39 is 0 Å². The fourth-order valence-electron chi connectivity index (χ4n) is 1.62. The van der Waals surface area contributed by atoms with Crippen LogP contribution in [-0.4, -0.2) is 23.2 Å². The highest BCUT2D eigenvalue weighted by atomic mass is 16.5. The van der Waals surface area contributed by atoms with Gasteiger partial charge in [-0.1, -0.05) is 32.0 Å². The number of nitrogens with zero attached hydrogens (tertiary/aromatic N) is 2. The molecule has 2 rings (SSSR count). The molecule has 2 aromatic rings. The Morgan fingerprint density at radius 2 is 1.75 bits per heavy atom. The summed E-state index contributed by atoms with van der Waals surface area (Å²) >= 11 is 0. The molecule has 0 saturated carbocycles. The van der Waals surface area contributed by atoms with Gasteiger partial charge in [0.2, 0.25) is 5.88 Å². The summed E-state index contributed by atoms with van der Waals surface area (Å²) in [5.74, 6) is 2.62. The number of hydrogen-bond donors (Lipinski definition) is 1. The van der Waals surface area contributed by atoms with Crippen molar-refractivity contribution in [3.05, 3.63) is 42.2 Å². The summed E-state index contributed by atoms with van der Waals surface area (Å²) in [6, 6.07) is 11.2. The average Bonchev–Trinajstić information content (AvgIpc) is 2.44. The topological polar surface area (TPSA) is 70.3 Å². The van der Waals surface area contributed by atoms with Crippen molar-refractivity contribution in [3.63, 3.8) is 0 Å². The number of para-hydroxylation sites is 1. The molecule has 5 heteroatoms. The Labute approximate surface area is 118 Å². The lowest BCUT2D eigenvalue weighted by atomic mass is 10.2. The third-order valence-corrected chi connectivity index (χ3v) is 2.60. The second-order valence-corrected chi connectivity index (χ2v) is 4.65. The largest absolute Gasteiger partial charge is 0.490 e. The van der Waals surface area contributed by atoms with Gasteiger partial charge in [-0.25, -0.2) is 4.98 Å². The zero-order valence-corrected chi connectivity index (χ0v) is 11.7. The van der Waals surface area contributed by atoms with Crippen molar-refractivity contribution in [2.75, 3.05) is 18.9 Å². The number of benzene rings is 1. The van der Waals surface area contributed by atoms with E-state index in [1.807, 2.05) is 44.2 Å². The standard InChI is InChI=1S/C15H19N3O2/c1-11(2)15-17-13(16)10-14(18-15)20-9-8-19-12-6-4-3-5-7-12/h3-7,10-11H,8-9H2,1-2H3,(H2,16,17,18). The zero-order chi connectivity index (χ0) is 14.4. The summed E-state index contributed by atoms with van der Waals surface area (Å²) in [7, 11) is 0. The van der Waals surface area contributed by atoms with Crippen LogP contribution in [0, 0.1) is 0 Å². The molecule has 0 saturated heterocycles. The quantitative estimate of drug-likeness (QED) is 0.819. The summed E-state index contributed by atoms with van der Waals surface area (Å²) in [6.07, 6.45) is 0. The van der Waals surface area contributed by atoms with E-state index in [1.165, 1.54) is 0 Å². The summed E-state index contributed by atoms with van der Waals surface area (Å²) in [5.41, 5.74) is 5.73. The molecular formula is C15H19N3O2. The fourth-order valence-corrected chi connectivity index (χ4v) is 1.62. The van der Waals surface area contributed by atoms with Crippen LogP contribution < -0.4 is 15.2 Å². The predicted molar refractivity (Wildman–Crippen MR) is 78.0 cm³/mol. The number of rotatable bonds is 6. The van der Waals surface area contributed by atoms with Crippen molar-refractivity contribution in [2.45, 2.75) is 19.8 Å². The maximum atomic E-state index is 5.73. The van der Waals surface area contributed by atoms with E-state index in [2.05, 4.69) is 9.97 Å². The van der Waals surface area contributed by atoms with Crippen LogP contribution in [-0.2, 0) is 0 Å². The second kappa shape index (κ2) is 6.75. The molecule has 0 fully saturated rings. The molecule has 0 atom stereocenters. The molecule has 1 aromatic carbocycles. The van der Waals surface area contributed by atoms with Crippen molar-refractivity contribution in [1.29, 1.82) is 0 Å². The summed E-state index contributed by atoms with van der Waals surface area (Å²) in [4.78, 5) is 8.47. The van der Waals surface area contributed by atoms with Crippen LogP contribution in [0.2, 0.25) is 0 Å². The third-order valence-electron chi connectivity index (χ3n) is 2.60. The molecule has 0 aliphatic carbocycles. The number of hydrogen-bond acceptors (Lipinski definition) is 5. The molecule has 0 spiro atoms. The highest BCUT2D eigenvalue weighted by Gasteiger charge is 2.07. The van der Waals surface area contributed by atoms with Crippen LogP contribution in [0.15, 0.2) is 36.4 Å². The maximum Gasteiger partial charge on any atom is 0.218 e. The van der Waals surface area contributed by atoms with Gasteiger partial charge in [-0.05, 0) is 12.1 Å². The Kier molecular flexibility index (Phi) is 4.76. The molecule has 0 radical (unpaired) electrons. The minimum atomic E-state index is 0.210. The number of anilines is 1. The van der Waals surface area contributed by atoms with Crippen molar-refractivity contribution < 1.29 is 9.47 Å². The van der Waals surface area contributed by atoms with Gasteiger partial charge in [0.1, 0.15) is 30.6 Å². The zero-order valence-electron chi connectivity index (χ0n) is 11.7. The SMILES string of the molecule is CC(C)c1nc(N)cc(OCCOc2ccccc2)n1. The van der Waals surface area contributed by atoms with Gasteiger partial charge in [0, 0.05) is 12.0 Å². The first kappa shape index (κ1) is 14.1. The minimum Gasteiger partial charge on any atom is -0.490 e. The van der Waals surface area contributed by atoms with Crippen molar-refractivity contribution in [1.82, 2.24) is 9.97 Å². The molecule has 106 valence electrons. The first-order valence-corrected chi connectivity index (χ1v) is 6.60. The monoisotopic (exact) mass is 273 g/mol. The van der Waals surface area contributed by atoms with E-state index in [0.717, 1.165) is 5.75 Å². The smallest absolute Gasteiger partial charge is 0.218 e. The normalized spacial score (nSPS) is 10.6. The molecule has 0 aliphatic heterocycles. The van der Waals surface area contributed by atoms with Gasteiger partial charge < -0.3 is 15.2 Å². The van der Waals surface area contributed by atoms with Gasteiger partial charge in [0.25, 0.3) is 0 Å². The van der Waals surface area contributed by atoms with Crippen LogP contribution in [0.4, 0.5) is 5.82 Å². The molecule has 0 aliphatic rings. The molecule has 1 heterocycles. The van der Waals surface area contributed by atoms with Gasteiger partial charge in [0.15, 0.2) is 0 Å². The minimum absolute atomic E-state index is 0.210. The van der Waals surface area contributed by atoms with Gasteiger partial charge in [-0.15, -0.1) is 0 Å². The average molecular weight is 273 g/mol. The Morgan fingerprint density at radius 3 is 2.45 bits per heavy atom. The molecular weight excluding hydrogens is 254 g/mol. The Balaban J connectivity index is 1.85. The first-order chi connectivity index (χ1) is 9.65. The number of aromatic nitrogens is 2. The Bertz CT molecular complexity index is 544. The van der Waals surface area contributed by atoms with E-state index in [-0.39, 0.29) is 5.92 Å². The highest BCUT2D eigenvalue weighted by molar-refractivity contribution is 5.33. The molecule has 2 N–H and O–H groups in total. The van der Waals surface area contributed by atoms with Crippen molar-refractivity contribution in [3.8, 4) is 11.6 Å². The second-order valence-electron chi connectivity index (χ2n) is 4.65. The first-order valence-electron chi connectivity index (χ1n) is 6.60. The molecule has 0 amide bonds. The van der Waals surface area contributed by atoms with Crippen LogP contribution in [0.3, 0.4) is 0 Å². The van der Waals surface area contributed by atoms with Crippen molar-refractivity contribution >= 4 is 5.82 Å². The number of nitrogen functional groups attached to an aromatic ring is 1. The van der Waals surface area contributed by atoms with E-state index >= 15 is 0 Å². The van der Waals surface area contributed by atoms with Crippen molar-refractivity contribution in [2.24, 2.45) is 0 Å². The fraction of sp³-hybridized carbons (Fsp3) is 0.333. The van der Waals surface area contributed by atoms with E-state index in [0.29, 0.717) is 30.7 Å². The van der Waals surface area contributed by atoms with Gasteiger partial charge >= 0.3 is 0 Å². The van der Waals surface area contributed by atoms with Crippen LogP contribution >= 0.6 is 0 Å². The van der Waals surface area contributed by atoms with Gasteiger partial charge in [-0.2, -0.15) is 4.98 Å². The summed E-state index contributed by atoms with van der Waals surface area (Å²) in [6.45, 7) is 4.88. The Hall–Kier alpha value is -2.30. The summed E-state index contributed by atoms with van der Waals surface area (Å²) < 4.78 is 11.1. The number of nitrogens with two attached hydrogens (primary N) is 1. The predicted octanol–water partition coefficient (Wildman–Crippen LogP) is 2.64. The molecule has 5 nitrogen and oxygen atoms in total. The van der Waals surface area contributed by atoms with Crippen LogP contribution in [0.1, 0.15) is 25.6 Å². The van der Waals surface area contributed by atoms with E-state index in [1.54, 1.807) is 6.07 Å². The van der Waals surface area contributed by atoms with Crippen LogP contribution in [0.25, 0.3) is 0 Å².